The molecule has 4 nitrogen and oxygen atoms in total. The minimum Gasteiger partial charge on any atom is -0.378 e. The molecule has 0 aliphatic rings. The van der Waals surface area contributed by atoms with Gasteiger partial charge in [0.1, 0.15) is 5.75 Å². The van der Waals surface area contributed by atoms with Crippen LogP contribution in [-0.4, -0.2) is 14.2 Å². The molecule has 2 rings (SSSR count). The van der Waals surface area contributed by atoms with E-state index < -0.39 is 10.1 Å². The maximum absolute atomic E-state index is 12.0. The van der Waals surface area contributed by atoms with Gasteiger partial charge >= 0.3 is 10.1 Å². The van der Waals surface area contributed by atoms with Crippen molar-refractivity contribution in [1.82, 2.24) is 0 Å². The molecule has 0 saturated carbocycles. The van der Waals surface area contributed by atoms with Crippen LogP contribution >= 0.6 is 27.3 Å². The van der Waals surface area contributed by atoms with Crippen LogP contribution in [0.4, 0.5) is 0 Å². The van der Waals surface area contributed by atoms with Crippen molar-refractivity contribution in [2.75, 3.05) is 0 Å². The highest BCUT2D eigenvalue weighted by Crippen LogP contribution is 2.28. The van der Waals surface area contributed by atoms with Crippen molar-refractivity contribution in [2.45, 2.75) is 11.1 Å². The number of benzene rings is 1. The Kier molecular flexibility index (Phi) is 4.07. The molecule has 0 aliphatic heterocycles. The molecule has 1 aromatic carbocycles. The third-order valence-electron chi connectivity index (χ3n) is 2.24. The molecule has 0 unspecified atom stereocenters. The van der Waals surface area contributed by atoms with Gasteiger partial charge in [-0.15, -0.1) is 11.3 Å². The van der Waals surface area contributed by atoms with Crippen molar-refractivity contribution >= 4 is 43.2 Å². The summed E-state index contributed by atoms with van der Waals surface area (Å²) in [6.07, 6.45) is 0. The lowest BCUT2D eigenvalue weighted by Crippen LogP contribution is -2.08. The molecule has 1 heterocycles. The first kappa shape index (κ1) is 14.2. The standard InChI is InChI=1S/C12H9BrO4S2/c1-8(14)9-3-2-4-10(7-9)17-19(15,16)12-6-5-11(13)18-12/h2-7H,1H3. The van der Waals surface area contributed by atoms with Crippen molar-refractivity contribution in [3.8, 4) is 5.75 Å². The maximum atomic E-state index is 12.0. The number of halogens is 1. The number of hydrogen-bond acceptors (Lipinski definition) is 5. The van der Waals surface area contributed by atoms with E-state index in [9.17, 15) is 13.2 Å². The molecule has 2 aromatic rings. The third-order valence-corrected chi connectivity index (χ3v) is 5.56. The summed E-state index contributed by atoms with van der Waals surface area (Å²) in [6.45, 7) is 1.41. The normalized spacial score (nSPS) is 11.3. The number of carbonyl (C=O) groups is 1. The zero-order valence-corrected chi connectivity index (χ0v) is 13.0. The van der Waals surface area contributed by atoms with Crippen molar-refractivity contribution in [2.24, 2.45) is 0 Å². The Labute approximate surface area is 123 Å². The van der Waals surface area contributed by atoms with Gasteiger partial charge in [0.05, 0.1) is 3.79 Å². The van der Waals surface area contributed by atoms with Crippen LogP contribution in [0.25, 0.3) is 0 Å². The highest BCUT2D eigenvalue weighted by molar-refractivity contribution is 9.11. The van der Waals surface area contributed by atoms with E-state index in [1.807, 2.05) is 0 Å². The van der Waals surface area contributed by atoms with Gasteiger partial charge in [0.15, 0.2) is 9.99 Å². The predicted molar refractivity (Wildman–Crippen MR) is 76.3 cm³/mol. The highest BCUT2D eigenvalue weighted by atomic mass is 79.9. The lowest BCUT2D eigenvalue weighted by molar-refractivity contribution is 0.101. The van der Waals surface area contributed by atoms with Crippen LogP contribution in [0.3, 0.4) is 0 Å². The molecule has 7 heteroatoms. The van der Waals surface area contributed by atoms with Crippen LogP contribution in [0, 0.1) is 0 Å². The fraction of sp³-hybridized carbons (Fsp3) is 0.0833. The second kappa shape index (κ2) is 5.44. The molecular weight excluding hydrogens is 352 g/mol. The van der Waals surface area contributed by atoms with Gasteiger partial charge in [-0.1, -0.05) is 12.1 Å². The van der Waals surface area contributed by atoms with Gasteiger partial charge < -0.3 is 4.18 Å². The first-order valence-corrected chi connectivity index (χ1v) is 8.21. The number of thiophene rings is 1. The minimum absolute atomic E-state index is 0.104. The molecule has 0 saturated heterocycles. The van der Waals surface area contributed by atoms with Gasteiger partial charge in [0, 0.05) is 5.56 Å². The van der Waals surface area contributed by atoms with Crippen LogP contribution in [0.1, 0.15) is 17.3 Å². The molecular formula is C12H9BrO4S2. The third kappa shape index (κ3) is 3.43. The van der Waals surface area contributed by atoms with Gasteiger partial charge in [-0.3, -0.25) is 4.79 Å². The number of Topliss-reactive ketones (excluding diaryl/α,β-unsaturated/α-hetero) is 1. The van der Waals surface area contributed by atoms with E-state index in [0.717, 1.165) is 11.3 Å². The van der Waals surface area contributed by atoms with Crippen LogP contribution in [0.15, 0.2) is 44.4 Å². The Balaban J connectivity index is 2.30. The Hall–Kier alpha value is -1.18. The number of carbonyl (C=O) groups excluding carboxylic acids is 1. The molecule has 0 radical (unpaired) electrons. The Morgan fingerprint density at radius 1 is 1.26 bits per heavy atom. The smallest absolute Gasteiger partial charge is 0.348 e. The quantitative estimate of drug-likeness (QED) is 0.618. The van der Waals surface area contributed by atoms with Gasteiger partial charge in [-0.05, 0) is 47.1 Å². The van der Waals surface area contributed by atoms with E-state index in [-0.39, 0.29) is 15.7 Å². The van der Waals surface area contributed by atoms with Crippen LogP contribution in [0.5, 0.6) is 5.75 Å². The van der Waals surface area contributed by atoms with Crippen LogP contribution < -0.4 is 4.18 Å². The molecule has 0 atom stereocenters. The van der Waals surface area contributed by atoms with Gasteiger partial charge in [0.2, 0.25) is 0 Å². The summed E-state index contributed by atoms with van der Waals surface area (Å²) in [7, 11) is -3.86. The minimum atomic E-state index is -3.86. The van der Waals surface area contributed by atoms with Crippen LogP contribution in [0.2, 0.25) is 0 Å². The van der Waals surface area contributed by atoms with Crippen molar-refractivity contribution in [1.29, 1.82) is 0 Å². The summed E-state index contributed by atoms with van der Waals surface area (Å²) >= 11 is 4.26. The summed E-state index contributed by atoms with van der Waals surface area (Å²) in [5.41, 5.74) is 0.403. The van der Waals surface area contributed by atoms with E-state index in [2.05, 4.69) is 15.9 Å². The summed E-state index contributed by atoms with van der Waals surface area (Å²) in [5, 5.41) is 0. The Bertz CT molecular complexity index is 719. The number of ketones is 1. The fourth-order valence-electron chi connectivity index (χ4n) is 1.37. The van der Waals surface area contributed by atoms with E-state index in [0.29, 0.717) is 9.35 Å². The molecule has 100 valence electrons. The molecule has 0 aliphatic carbocycles. The lowest BCUT2D eigenvalue weighted by Gasteiger charge is -2.05. The summed E-state index contributed by atoms with van der Waals surface area (Å²) in [4.78, 5) is 11.2. The maximum Gasteiger partial charge on any atom is 0.348 e. The summed E-state index contributed by atoms with van der Waals surface area (Å²) < 4.78 is 29.8. The van der Waals surface area contributed by atoms with Gasteiger partial charge in [0.25, 0.3) is 0 Å². The summed E-state index contributed by atoms with van der Waals surface area (Å²) in [5.74, 6) is -0.0288. The predicted octanol–water partition coefficient (Wildman–Crippen LogP) is 3.48. The number of hydrogen-bond donors (Lipinski definition) is 0. The van der Waals surface area contributed by atoms with Crippen molar-refractivity contribution in [3.63, 3.8) is 0 Å². The van der Waals surface area contributed by atoms with E-state index in [4.69, 9.17) is 4.18 Å². The first-order valence-electron chi connectivity index (χ1n) is 5.19. The zero-order chi connectivity index (χ0) is 14.0. The number of rotatable bonds is 4. The van der Waals surface area contributed by atoms with Crippen molar-refractivity contribution < 1.29 is 17.4 Å². The first-order chi connectivity index (χ1) is 8.88. The topological polar surface area (TPSA) is 60.4 Å². The van der Waals surface area contributed by atoms with E-state index >= 15 is 0 Å². The van der Waals surface area contributed by atoms with Crippen LogP contribution in [-0.2, 0) is 10.1 Å². The average Bonchev–Trinajstić information content (AvgIpc) is 2.76. The largest absolute Gasteiger partial charge is 0.378 e. The molecule has 0 N–H and O–H groups in total. The second-order valence-electron chi connectivity index (χ2n) is 3.68. The molecule has 0 bridgehead atoms. The molecule has 0 spiro atoms. The zero-order valence-electron chi connectivity index (χ0n) is 9.79. The summed E-state index contributed by atoms with van der Waals surface area (Å²) in [6, 6.07) is 9.16. The molecule has 19 heavy (non-hydrogen) atoms. The fourth-order valence-corrected chi connectivity index (χ4v) is 4.26. The molecule has 1 aromatic heterocycles. The van der Waals surface area contributed by atoms with Gasteiger partial charge in [-0.25, -0.2) is 0 Å². The van der Waals surface area contributed by atoms with Crippen molar-refractivity contribution in [3.05, 3.63) is 45.7 Å². The Morgan fingerprint density at radius 2 is 2.00 bits per heavy atom. The average molecular weight is 361 g/mol. The van der Waals surface area contributed by atoms with E-state index in [1.54, 1.807) is 18.2 Å². The Morgan fingerprint density at radius 3 is 2.58 bits per heavy atom. The molecule has 0 fully saturated rings. The SMILES string of the molecule is CC(=O)c1cccc(OS(=O)(=O)c2ccc(Br)s2)c1. The van der Waals surface area contributed by atoms with Gasteiger partial charge in [-0.2, -0.15) is 8.42 Å². The highest BCUT2D eigenvalue weighted by Gasteiger charge is 2.19. The van der Waals surface area contributed by atoms with E-state index in [1.165, 1.54) is 25.1 Å². The lowest BCUT2D eigenvalue weighted by atomic mass is 10.1. The molecule has 0 amide bonds. The second-order valence-corrected chi connectivity index (χ2v) is 7.92. The monoisotopic (exact) mass is 360 g/mol.